The lowest BCUT2D eigenvalue weighted by molar-refractivity contribution is -0.143. The van der Waals surface area contributed by atoms with Crippen molar-refractivity contribution in [2.24, 2.45) is 0 Å². The van der Waals surface area contributed by atoms with Crippen LogP contribution in [0.15, 0.2) is 42.5 Å². The molecule has 1 N–H and O–H groups in total. The molecule has 0 spiro atoms. The standard InChI is InChI=1S/C27H31F6N3O2/c1-18-4-2-3-5-22(18)23-6-9-36(25(37)16-35-10-7-34-8-11-35)15-24(23)38-17-19-12-20(26(28,29)30)14-21(13-19)27(31,32)33/h2-5,12-14,23-24,34H,6-11,15-17H2,1H3/t23-,24-/m0/s1. The summed E-state index contributed by atoms with van der Waals surface area (Å²) in [5.41, 5.74) is -0.979. The monoisotopic (exact) mass is 543 g/mol. The van der Waals surface area contributed by atoms with Crippen molar-refractivity contribution in [1.29, 1.82) is 0 Å². The van der Waals surface area contributed by atoms with Crippen LogP contribution >= 0.6 is 0 Å². The Balaban J connectivity index is 1.55. The van der Waals surface area contributed by atoms with E-state index >= 15 is 0 Å². The fourth-order valence-electron chi connectivity index (χ4n) is 5.14. The van der Waals surface area contributed by atoms with Crippen LogP contribution in [0.25, 0.3) is 0 Å². The molecule has 0 aliphatic carbocycles. The third-order valence-electron chi connectivity index (χ3n) is 7.18. The zero-order valence-corrected chi connectivity index (χ0v) is 21.0. The average Bonchev–Trinajstić information content (AvgIpc) is 2.87. The minimum atomic E-state index is -4.93. The number of amides is 1. The zero-order chi connectivity index (χ0) is 27.5. The van der Waals surface area contributed by atoms with Gasteiger partial charge in [-0.1, -0.05) is 24.3 Å². The van der Waals surface area contributed by atoms with Crippen molar-refractivity contribution in [2.45, 2.75) is 44.3 Å². The first-order chi connectivity index (χ1) is 17.9. The van der Waals surface area contributed by atoms with E-state index in [1.54, 1.807) is 4.90 Å². The van der Waals surface area contributed by atoms with Crippen LogP contribution in [0.3, 0.4) is 0 Å². The van der Waals surface area contributed by atoms with E-state index in [-0.39, 0.29) is 36.5 Å². The molecule has 4 rings (SSSR count). The van der Waals surface area contributed by atoms with Gasteiger partial charge in [-0.05, 0) is 48.2 Å². The SMILES string of the molecule is Cc1ccccc1[C@@H]1CCN(C(=O)CN2CCNCC2)C[C@@H]1OCc1cc(C(F)(F)F)cc(C(F)(F)F)c1. The van der Waals surface area contributed by atoms with E-state index in [4.69, 9.17) is 4.74 Å². The van der Waals surface area contributed by atoms with Gasteiger partial charge in [-0.25, -0.2) is 0 Å². The largest absolute Gasteiger partial charge is 0.416 e. The number of carbonyl (C=O) groups is 1. The fourth-order valence-corrected chi connectivity index (χ4v) is 5.14. The Hall–Kier alpha value is -2.63. The normalized spacial score (nSPS) is 21.5. The molecule has 2 aliphatic heterocycles. The van der Waals surface area contributed by atoms with Crippen molar-refractivity contribution in [3.05, 3.63) is 70.3 Å². The third kappa shape index (κ3) is 7.06. The number of piperazine rings is 1. The molecule has 2 saturated heterocycles. The first kappa shape index (κ1) is 28.4. The van der Waals surface area contributed by atoms with Crippen LogP contribution in [0.1, 0.15) is 40.2 Å². The molecule has 0 unspecified atom stereocenters. The number of benzene rings is 2. The number of likely N-dealkylation sites (tertiary alicyclic amines) is 1. The predicted octanol–water partition coefficient (Wildman–Crippen LogP) is 4.84. The van der Waals surface area contributed by atoms with Crippen molar-refractivity contribution in [2.75, 3.05) is 45.8 Å². The molecule has 0 saturated carbocycles. The van der Waals surface area contributed by atoms with Crippen LogP contribution < -0.4 is 5.32 Å². The van der Waals surface area contributed by atoms with Gasteiger partial charge in [0.25, 0.3) is 0 Å². The maximum Gasteiger partial charge on any atom is 0.416 e. The van der Waals surface area contributed by atoms with Crippen molar-refractivity contribution in [3.63, 3.8) is 0 Å². The number of piperidine rings is 1. The van der Waals surface area contributed by atoms with Gasteiger partial charge < -0.3 is 15.0 Å². The number of aryl methyl sites for hydroxylation is 1. The Kier molecular flexibility index (Phi) is 8.68. The van der Waals surface area contributed by atoms with Gasteiger partial charge in [-0.3, -0.25) is 9.69 Å². The van der Waals surface area contributed by atoms with Gasteiger partial charge in [0.2, 0.25) is 5.91 Å². The van der Waals surface area contributed by atoms with E-state index in [0.717, 1.165) is 37.3 Å². The van der Waals surface area contributed by atoms with Gasteiger partial charge in [-0.2, -0.15) is 26.3 Å². The van der Waals surface area contributed by atoms with E-state index in [9.17, 15) is 31.1 Å². The lowest BCUT2D eigenvalue weighted by atomic mass is 9.84. The lowest BCUT2D eigenvalue weighted by Gasteiger charge is -2.40. The van der Waals surface area contributed by atoms with Crippen LogP contribution in [0.5, 0.6) is 0 Å². The Labute approximate surface area is 217 Å². The smallest absolute Gasteiger partial charge is 0.371 e. The van der Waals surface area contributed by atoms with Gasteiger partial charge >= 0.3 is 12.4 Å². The van der Waals surface area contributed by atoms with Crippen LogP contribution in [0.4, 0.5) is 26.3 Å². The van der Waals surface area contributed by atoms with Gasteiger partial charge in [0.1, 0.15) is 0 Å². The highest BCUT2D eigenvalue weighted by Crippen LogP contribution is 2.37. The fraction of sp³-hybridized carbons (Fsp3) is 0.519. The van der Waals surface area contributed by atoms with E-state index < -0.39 is 36.2 Å². The summed E-state index contributed by atoms with van der Waals surface area (Å²) < 4.78 is 86.0. The van der Waals surface area contributed by atoms with Crippen molar-refractivity contribution < 1.29 is 35.9 Å². The minimum Gasteiger partial charge on any atom is -0.371 e. The number of halogens is 6. The van der Waals surface area contributed by atoms with E-state index in [2.05, 4.69) is 10.2 Å². The van der Waals surface area contributed by atoms with Gasteiger partial charge in [0, 0.05) is 45.2 Å². The van der Waals surface area contributed by atoms with Crippen molar-refractivity contribution in [1.82, 2.24) is 15.1 Å². The predicted molar refractivity (Wildman–Crippen MR) is 129 cm³/mol. The summed E-state index contributed by atoms with van der Waals surface area (Å²) in [4.78, 5) is 16.8. The molecule has 208 valence electrons. The number of nitrogens with zero attached hydrogens (tertiary/aromatic N) is 2. The second-order valence-corrected chi connectivity index (χ2v) is 9.88. The van der Waals surface area contributed by atoms with Crippen LogP contribution in [0, 0.1) is 6.92 Å². The zero-order valence-electron chi connectivity index (χ0n) is 21.0. The molecule has 2 heterocycles. The maximum atomic E-state index is 13.3. The molecule has 2 aliphatic rings. The van der Waals surface area contributed by atoms with Gasteiger partial charge in [-0.15, -0.1) is 0 Å². The summed E-state index contributed by atoms with van der Waals surface area (Å²) >= 11 is 0. The number of hydrogen-bond donors (Lipinski definition) is 1. The van der Waals surface area contributed by atoms with E-state index in [0.29, 0.717) is 25.1 Å². The molecule has 38 heavy (non-hydrogen) atoms. The number of hydrogen-bond acceptors (Lipinski definition) is 4. The highest BCUT2D eigenvalue weighted by Gasteiger charge is 2.38. The summed E-state index contributed by atoms with van der Waals surface area (Å²) in [6, 6.07) is 9.14. The topological polar surface area (TPSA) is 44.8 Å². The highest BCUT2D eigenvalue weighted by molar-refractivity contribution is 5.78. The molecule has 2 fully saturated rings. The lowest BCUT2D eigenvalue weighted by Crippen LogP contribution is -2.52. The van der Waals surface area contributed by atoms with E-state index in [1.165, 1.54) is 0 Å². The molecular formula is C27H31F6N3O2. The van der Waals surface area contributed by atoms with Crippen LogP contribution in [-0.2, 0) is 28.5 Å². The summed E-state index contributed by atoms with van der Waals surface area (Å²) in [6.45, 7) is 5.55. The maximum absolute atomic E-state index is 13.3. The molecule has 0 aromatic heterocycles. The number of ether oxygens (including phenoxy) is 1. The second kappa shape index (κ2) is 11.6. The van der Waals surface area contributed by atoms with Gasteiger partial charge in [0.05, 0.1) is 30.4 Å². The third-order valence-corrected chi connectivity index (χ3v) is 7.18. The highest BCUT2D eigenvalue weighted by atomic mass is 19.4. The number of carbonyl (C=O) groups excluding carboxylic acids is 1. The molecule has 5 nitrogen and oxygen atoms in total. The van der Waals surface area contributed by atoms with Crippen LogP contribution in [-0.4, -0.2) is 67.6 Å². The molecule has 0 radical (unpaired) electrons. The second-order valence-electron chi connectivity index (χ2n) is 9.88. The van der Waals surface area contributed by atoms with Crippen molar-refractivity contribution >= 4 is 5.91 Å². The first-order valence-corrected chi connectivity index (χ1v) is 12.6. The molecular weight excluding hydrogens is 512 g/mol. The molecule has 2 aromatic carbocycles. The first-order valence-electron chi connectivity index (χ1n) is 12.6. The molecule has 1 amide bonds. The number of rotatable bonds is 6. The van der Waals surface area contributed by atoms with Gasteiger partial charge in [0.15, 0.2) is 0 Å². The Bertz CT molecular complexity index is 1080. The summed E-state index contributed by atoms with van der Waals surface area (Å²) in [7, 11) is 0. The van der Waals surface area contributed by atoms with Crippen molar-refractivity contribution in [3.8, 4) is 0 Å². The molecule has 2 atom stereocenters. The molecule has 0 bridgehead atoms. The summed E-state index contributed by atoms with van der Waals surface area (Å²) in [6.07, 6.45) is -9.89. The average molecular weight is 544 g/mol. The Morgan fingerprint density at radius 2 is 1.61 bits per heavy atom. The molecule has 11 heteroatoms. The Morgan fingerprint density at radius 1 is 0.974 bits per heavy atom. The van der Waals surface area contributed by atoms with Crippen LogP contribution in [0.2, 0.25) is 0 Å². The molecule has 2 aromatic rings. The minimum absolute atomic E-state index is 0.0674. The summed E-state index contributed by atoms with van der Waals surface area (Å²) in [5, 5.41) is 3.24. The quantitative estimate of drug-likeness (QED) is 0.530. The number of nitrogens with one attached hydrogen (secondary N) is 1. The number of alkyl halides is 6. The van der Waals surface area contributed by atoms with E-state index in [1.807, 2.05) is 31.2 Å². The Morgan fingerprint density at radius 3 is 2.21 bits per heavy atom. The summed E-state index contributed by atoms with van der Waals surface area (Å²) in [5.74, 6) is -0.227.